The van der Waals surface area contributed by atoms with E-state index in [9.17, 15) is 13.2 Å². The SMILES string of the molecule is C=C[C@](C)(CC)c1ccc(C(F)(F)F)cc1. The molecule has 1 rings (SSSR count). The molecule has 0 heterocycles. The van der Waals surface area contributed by atoms with Gasteiger partial charge in [0.25, 0.3) is 0 Å². The minimum atomic E-state index is -4.27. The molecule has 0 spiro atoms. The van der Waals surface area contributed by atoms with Crippen molar-refractivity contribution in [1.82, 2.24) is 0 Å². The smallest absolute Gasteiger partial charge is 0.166 e. The van der Waals surface area contributed by atoms with Crippen LogP contribution in [0.1, 0.15) is 31.4 Å². The van der Waals surface area contributed by atoms with Crippen molar-refractivity contribution in [3.63, 3.8) is 0 Å². The molecule has 0 radical (unpaired) electrons. The van der Waals surface area contributed by atoms with Gasteiger partial charge in [-0.25, -0.2) is 0 Å². The Morgan fingerprint density at radius 3 is 1.88 bits per heavy atom. The number of alkyl halides is 3. The zero-order valence-corrected chi connectivity index (χ0v) is 9.43. The fourth-order valence-electron chi connectivity index (χ4n) is 1.51. The third kappa shape index (κ3) is 2.46. The van der Waals surface area contributed by atoms with Gasteiger partial charge in [-0.05, 0) is 24.1 Å². The summed E-state index contributed by atoms with van der Waals surface area (Å²) in [4.78, 5) is 0. The van der Waals surface area contributed by atoms with Gasteiger partial charge in [0.15, 0.2) is 0 Å². The average Bonchev–Trinajstić information content (AvgIpc) is 2.27. The molecule has 0 fully saturated rings. The van der Waals surface area contributed by atoms with E-state index >= 15 is 0 Å². The first-order valence-electron chi connectivity index (χ1n) is 5.15. The van der Waals surface area contributed by atoms with Crippen LogP contribution in [0.5, 0.6) is 0 Å². The molecule has 0 nitrogen and oxygen atoms in total. The molecule has 0 aliphatic carbocycles. The van der Waals surface area contributed by atoms with E-state index < -0.39 is 11.7 Å². The quantitative estimate of drug-likeness (QED) is 0.665. The first-order chi connectivity index (χ1) is 7.33. The maximum atomic E-state index is 12.4. The molecule has 0 saturated carbocycles. The summed E-state index contributed by atoms with van der Waals surface area (Å²) in [5.74, 6) is 0. The van der Waals surface area contributed by atoms with Gasteiger partial charge in [-0.3, -0.25) is 0 Å². The standard InChI is InChI=1S/C13H15F3/c1-4-12(3,5-2)10-6-8-11(9-7-10)13(14,15)16/h4,6-9H,1,5H2,2-3H3/t12-/m1/s1. The molecule has 0 aliphatic heterocycles. The lowest BCUT2D eigenvalue weighted by Crippen LogP contribution is -2.17. The van der Waals surface area contributed by atoms with E-state index in [4.69, 9.17) is 0 Å². The fraction of sp³-hybridized carbons (Fsp3) is 0.385. The van der Waals surface area contributed by atoms with Gasteiger partial charge in [-0.2, -0.15) is 13.2 Å². The number of benzene rings is 1. The Morgan fingerprint density at radius 1 is 1.12 bits per heavy atom. The molecule has 0 unspecified atom stereocenters. The molecule has 16 heavy (non-hydrogen) atoms. The summed E-state index contributed by atoms with van der Waals surface area (Å²) < 4.78 is 37.1. The molecule has 1 atom stereocenters. The molecule has 0 N–H and O–H groups in total. The minimum Gasteiger partial charge on any atom is -0.166 e. The largest absolute Gasteiger partial charge is 0.416 e. The summed E-state index contributed by atoms with van der Waals surface area (Å²) in [7, 11) is 0. The van der Waals surface area contributed by atoms with Crippen LogP contribution in [0.15, 0.2) is 36.9 Å². The van der Waals surface area contributed by atoms with Crippen LogP contribution in [0.25, 0.3) is 0 Å². The van der Waals surface area contributed by atoms with Gasteiger partial charge in [0.2, 0.25) is 0 Å². The Kier molecular flexibility index (Phi) is 3.46. The van der Waals surface area contributed by atoms with Gasteiger partial charge in [-0.1, -0.05) is 32.1 Å². The van der Waals surface area contributed by atoms with Crippen LogP contribution < -0.4 is 0 Å². The number of halogens is 3. The van der Waals surface area contributed by atoms with Gasteiger partial charge in [0.1, 0.15) is 0 Å². The Morgan fingerprint density at radius 2 is 1.56 bits per heavy atom. The highest BCUT2D eigenvalue weighted by Crippen LogP contribution is 2.33. The summed E-state index contributed by atoms with van der Waals surface area (Å²) >= 11 is 0. The van der Waals surface area contributed by atoms with E-state index in [-0.39, 0.29) is 5.41 Å². The number of hydrogen-bond acceptors (Lipinski definition) is 0. The second kappa shape index (κ2) is 4.32. The van der Waals surface area contributed by atoms with Crippen molar-refractivity contribution in [2.75, 3.05) is 0 Å². The van der Waals surface area contributed by atoms with Crippen LogP contribution in [-0.4, -0.2) is 0 Å². The second-order valence-electron chi connectivity index (χ2n) is 4.05. The maximum Gasteiger partial charge on any atom is 0.416 e. The van der Waals surface area contributed by atoms with Crippen LogP contribution in [0.3, 0.4) is 0 Å². The van der Waals surface area contributed by atoms with E-state index in [1.54, 1.807) is 6.08 Å². The number of hydrogen-bond donors (Lipinski definition) is 0. The Balaban J connectivity index is 3.08. The molecule has 88 valence electrons. The average molecular weight is 228 g/mol. The van der Waals surface area contributed by atoms with E-state index in [1.807, 2.05) is 13.8 Å². The number of rotatable bonds is 3. The number of allylic oxidation sites excluding steroid dienone is 1. The van der Waals surface area contributed by atoms with Crippen molar-refractivity contribution in [2.45, 2.75) is 31.9 Å². The predicted octanol–water partition coefficient (Wildman–Crippen LogP) is 4.56. The third-order valence-electron chi connectivity index (χ3n) is 3.06. The lowest BCUT2D eigenvalue weighted by molar-refractivity contribution is -0.137. The fourth-order valence-corrected chi connectivity index (χ4v) is 1.51. The Bertz CT molecular complexity index is 362. The Labute approximate surface area is 93.8 Å². The summed E-state index contributed by atoms with van der Waals surface area (Å²) in [6.07, 6.45) is -1.69. The van der Waals surface area contributed by atoms with E-state index in [1.165, 1.54) is 12.1 Å². The van der Waals surface area contributed by atoms with Crippen molar-refractivity contribution in [1.29, 1.82) is 0 Å². The molecular formula is C13H15F3. The summed E-state index contributed by atoms with van der Waals surface area (Å²) in [6, 6.07) is 5.28. The molecule has 1 aromatic rings. The summed E-state index contributed by atoms with van der Waals surface area (Å²) in [5, 5.41) is 0. The van der Waals surface area contributed by atoms with Crippen LogP contribution >= 0.6 is 0 Å². The highest BCUT2D eigenvalue weighted by Gasteiger charge is 2.30. The van der Waals surface area contributed by atoms with Crippen molar-refractivity contribution in [3.05, 3.63) is 48.0 Å². The third-order valence-corrected chi connectivity index (χ3v) is 3.06. The normalized spacial score (nSPS) is 15.6. The molecule has 0 bridgehead atoms. The molecule has 0 aliphatic rings. The summed E-state index contributed by atoms with van der Waals surface area (Å²) in [6.45, 7) is 7.68. The molecular weight excluding hydrogens is 213 g/mol. The molecule has 3 heteroatoms. The zero-order chi connectivity index (χ0) is 12.4. The van der Waals surface area contributed by atoms with Gasteiger partial charge in [-0.15, -0.1) is 6.58 Å². The first kappa shape index (κ1) is 12.8. The van der Waals surface area contributed by atoms with E-state index in [0.29, 0.717) is 0 Å². The highest BCUT2D eigenvalue weighted by molar-refractivity contribution is 5.32. The zero-order valence-electron chi connectivity index (χ0n) is 9.43. The molecule has 0 aromatic heterocycles. The highest BCUT2D eigenvalue weighted by atomic mass is 19.4. The topological polar surface area (TPSA) is 0 Å². The molecule has 0 amide bonds. The van der Waals surface area contributed by atoms with Crippen LogP contribution in [0, 0.1) is 0 Å². The first-order valence-corrected chi connectivity index (χ1v) is 5.15. The van der Waals surface area contributed by atoms with Crippen LogP contribution in [0.2, 0.25) is 0 Å². The lowest BCUT2D eigenvalue weighted by Gasteiger charge is -2.24. The maximum absolute atomic E-state index is 12.4. The van der Waals surface area contributed by atoms with Gasteiger partial charge < -0.3 is 0 Å². The Hall–Kier alpha value is -1.25. The van der Waals surface area contributed by atoms with Gasteiger partial charge >= 0.3 is 6.18 Å². The monoisotopic (exact) mass is 228 g/mol. The minimum absolute atomic E-state index is 0.260. The molecule has 1 aromatic carbocycles. The van der Waals surface area contributed by atoms with Crippen LogP contribution in [-0.2, 0) is 11.6 Å². The van der Waals surface area contributed by atoms with Crippen molar-refractivity contribution in [2.24, 2.45) is 0 Å². The van der Waals surface area contributed by atoms with Crippen molar-refractivity contribution in [3.8, 4) is 0 Å². The van der Waals surface area contributed by atoms with Gasteiger partial charge in [0, 0.05) is 5.41 Å². The predicted molar refractivity (Wildman–Crippen MR) is 59.3 cm³/mol. The van der Waals surface area contributed by atoms with E-state index in [2.05, 4.69) is 6.58 Å². The second-order valence-corrected chi connectivity index (χ2v) is 4.05. The van der Waals surface area contributed by atoms with Crippen molar-refractivity contribution < 1.29 is 13.2 Å². The van der Waals surface area contributed by atoms with Gasteiger partial charge in [0.05, 0.1) is 5.56 Å². The lowest BCUT2D eigenvalue weighted by atomic mass is 9.80. The van der Waals surface area contributed by atoms with E-state index in [0.717, 1.165) is 24.1 Å². The van der Waals surface area contributed by atoms with Crippen molar-refractivity contribution >= 4 is 0 Å². The summed E-state index contributed by atoms with van der Waals surface area (Å²) in [5.41, 5.74) is -0.0128. The molecule has 0 saturated heterocycles. The van der Waals surface area contributed by atoms with Crippen LogP contribution in [0.4, 0.5) is 13.2 Å².